The average molecular weight is 242 g/mol. The number of nitrogens with one attached hydrogen (secondary N) is 1. The van der Waals surface area contributed by atoms with Gasteiger partial charge in [-0.25, -0.2) is 0 Å². The van der Waals surface area contributed by atoms with Crippen molar-refractivity contribution in [2.75, 3.05) is 5.32 Å². The second-order valence-corrected chi connectivity index (χ2v) is 3.82. The number of benzene rings is 1. The number of hydrogen-bond donors (Lipinski definition) is 2. The molecule has 0 saturated heterocycles. The van der Waals surface area contributed by atoms with E-state index in [2.05, 4.69) is 5.32 Å². The highest BCUT2D eigenvalue weighted by atomic mass is 35.5. The fourth-order valence-corrected chi connectivity index (χ4v) is 1.07. The Morgan fingerprint density at radius 2 is 1.94 bits per heavy atom. The van der Waals surface area contributed by atoms with Crippen LogP contribution in [0, 0.1) is 5.92 Å². The van der Waals surface area contributed by atoms with Crippen LogP contribution in [0.15, 0.2) is 24.3 Å². The number of anilines is 1. The van der Waals surface area contributed by atoms with Gasteiger partial charge in [-0.05, 0) is 37.1 Å². The smallest absolute Gasteiger partial charge is 0.306 e. The van der Waals surface area contributed by atoms with Crippen molar-refractivity contribution in [2.24, 2.45) is 5.92 Å². The topological polar surface area (TPSA) is 66.4 Å². The molecule has 0 heterocycles. The maximum Gasteiger partial charge on any atom is 0.306 e. The standard InChI is InChI=1S/C7H6ClNO.C4H6O2/c8-6-1-3-7(4-2-6)9-5-10;5-4(6)3-1-2-3/h1-5H,(H,9,10);3H,1-2H2,(H,5,6). The molecule has 86 valence electrons. The largest absolute Gasteiger partial charge is 0.481 e. The van der Waals surface area contributed by atoms with Crippen LogP contribution >= 0.6 is 11.6 Å². The normalized spacial score (nSPS) is 13.3. The van der Waals surface area contributed by atoms with Crippen LogP contribution in [0.2, 0.25) is 5.02 Å². The predicted molar refractivity (Wildman–Crippen MR) is 61.5 cm³/mol. The van der Waals surface area contributed by atoms with Crippen molar-refractivity contribution < 1.29 is 14.7 Å². The first-order chi connectivity index (χ1) is 7.63. The maximum absolute atomic E-state index is 9.92. The molecule has 2 rings (SSSR count). The lowest BCUT2D eigenvalue weighted by Gasteiger charge is -1.95. The first-order valence-electron chi connectivity index (χ1n) is 4.82. The van der Waals surface area contributed by atoms with Crippen molar-refractivity contribution in [3.63, 3.8) is 0 Å². The Morgan fingerprint density at radius 1 is 1.38 bits per heavy atom. The van der Waals surface area contributed by atoms with Crippen molar-refractivity contribution in [3.8, 4) is 0 Å². The molecule has 0 bridgehead atoms. The fourth-order valence-electron chi connectivity index (χ4n) is 0.944. The summed E-state index contributed by atoms with van der Waals surface area (Å²) in [5, 5.41) is 11.2. The van der Waals surface area contributed by atoms with E-state index in [0.717, 1.165) is 18.5 Å². The third-order valence-electron chi connectivity index (χ3n) is 2.00. The molecule has 0 radical (unpaired) electrons. The lowest BCUT2D eigenvalue weighted by atomic mass is 10.3. The van der Waals surface area contributed by atoms with Crippen molar-refractivity contribution in [2.45, 2.75) is 12.8 Å². The van der Waals surface area contributed by atoms with E-state index < -0.39 is 5.97 Å². The number of aliphatic carboxylic acids is 1. The molecule has 1 fully saturated rings. The van der Waals surface area contributed by atoms with E-state index in [-0.39, 0.29) is 5.92 Å². The molecule has 0 atom stereocenters. The Morgan fingerprint density at radius 3 is 2.25 bits per heavy atom. The van der Waals surface area contributed by atoms with Crippen molar-refractivity contribution in [1.82, 2.24) is 0 Å². The van der Waals surface area contributed by atoms with Crippen molar-refractivity contribution in [1.29, 1.82) is 0 Å². The zero-order chi connectivity index (χ0) is 12.0. The Labute approximate surface area is 98.2 Å². The summed E-state index contributed by atoms with van der Waals surface area (Å²) < 4.78 is 0. The molecule has 1 aromatic rings. The van der Waals surface area contributed by atoms with E-state index >= 15 is 0 Å². The molecule has 5 heteroatoms. The van der Waals surface area contributed by atoms with Gasteiger partial charge in [-0.15, -0.1) is 0 Å². The summed E-state index contributed by atoms with van der Waals surface area (Å²) in [4.78, 5) is 19.7. The van der Waals surface area contributed by atoms with E-state index in [0.29, 0.717) is 11.4 Å². The van der Waals surface area contributed by atoms with Crippen LogP contribution in [0.4, 0.5) is 5.69 Å². The molecule has 1 amide bonds. The van der Waals surface area contributed by atoms with Crippen LogP contribution in [0.25, 0.3) is 0 Å². The second-order valence-electron chi connectivity index (χ2n) is 3.38. The summed E-state index contributed by atoms with van der Waals surface area (Å²) in [6.07, 6.45) is 2.42. The highest BCUT2D eigenvalue weighted by Gasteiger charge is 2.28. The van der Waals surface area contributed by atoms with Gasteiger partial charge in [0.15, 0.2) is 0 Å². The Bertz CT molecular complexity index is 360. The van der Waals surface area contributed by atoms with Crippen LogP contribution in [0.3, 0.4) is 0 Å². The molecule has 2 N–H and O–H groups in total. The molecule has 1 aliphatic rings. The number of carboxylic acid groups (broad SMARTS) is 1. The van der Waals surface area contributed by atoms with Crippen molar-refractivity contribution in [3.05, 3.63) is 29.3 Å². The van der Waals surface area contributed by atoms with Gasteiger partial charge in [0.25, 0.3) is 0 Å². The van der Waals surface area contributed by atoms with E-state index in [4.69, 9.17) is 16.7 Å². The van der Waals surface area contributed by atoms with Crippen LogP contribution in [0.5, 0.6) is 0 Å². The maximum atomic E-state index is 9.92. The first kappa shape index (κ1) is 12.5. The number of halogens is 1. The number of carboxylic acids is 1. The molecule has 1 aliphatic carbocycles. The van der Waals surface area contributed by atoms with E-state index in [1.807, 2.05) is 0 Å². The van der Waals surface area contributed by atoms with Crippen LogP contribution in [0.1, 0.15) is 12.8 Å². The summed E-state index contributed by atoms with van der Waals surface area (Å²) in [7, 11) is 0. The number of amides is 1. The third-order valence-corrected chi connectivity index (χ3v) is 2.25. The summed E-state index contributed by atoms with van der Waals surface area (Å²) in [5.74, 6) is -0.611. The van der Waals surface area contributed by atoms with Gasteiger partial charge in [-0.2, -0.15) is 0 Å². The monoisotopic (exact) mass is 241 g/mol. The van der Waals surface area contributed by atoms with Gasteiger partial charge in [-0.3, -0.25) is 9.59 Å². The summed E-state index contributed by atoms with van der Waals surface area (Å²) in [6.45, 7) is 0. The molecule has 0 spiro atoms. The van der Waals surface area contributed by atoms with E-state index in [1.165, 1.54) is 0 Å². The molecular formula is C11H12ClNO3. The molecule has 0 unspecified atom stereocenters. The van der Waals surface area contributed by atoms with Gasteiger partial charge in [0.1, 0.15) is 0 Å². The van der Waals surface area contributed by atoms with Gasteiger partial charge < -0.3 is 10.4 Å². The minimum Gasteiger partial charge on any atom is -0.481 e. The summed E-state index contributed by atoms with van der Waals surface area (Å²) >= 11 is 5.60. The minimum atomic E-state index is -0.630. The quantitative estimate of drug-likeness (QED) is 0.799. The highest BCUT2D eigenvalue weighted by molar-refractivity contribution is 6.30. The van der Waals surface area contributed by atoms with Gasteiger partial charge in [-0.1, -0.05) is 11.6 Å². The molecule has 4 nitrogen and oxygen atoms in total. The molecule has 1 aromatic carbocycles. The lowest BCUT2D eigenvalue weighted by molar-refractivity contribution is -0.138. The SMILES string of the molecule is O=C(O)C1CC1.O=CNc1ccc(Cl)cc1. The van der Waals surface area contributed by atoms with Gasteiger partial charge in [0.05, 0.1) is 5.92 Å². The van der Waals surface area contributed by atoms with Gasteiger partial charge in [0.2, 0.25) is 6.41 Å². The first-order valence-corrected chi connectivity index (χ1v) is 5.20. The van der Waals surface area contributed by atoms with Gasteiger partial charge >= 0.3 is 5.97 Å². The average Bonchev–Trinajstić information content (AvgIpc) is 3.06. The summed E-state index contributed by atoms with van der Waals surface area (Å²) in [6, 6.07) is 6.90. The zero-order valence-corrected chi connectivity index (χ0v) is 9.28. The Kier molecular flexibility index (Phi) is 4.79. The Hall–Kier alpha value is -1.55. The molecule has 1 saturated carbocycles. The lowest BCUT2D eigenvalue weighted by Crippen LogP contribution is -1.94. The number of hydrogen-bond acceptors (Lipinski definition) is 2. The zero-order valence-electron chi connectivity index (χ0n) is 8.52. The summed E-state index contributed by atoms with van der Waals surface area (Å²) in [5.41, 5.74) is 0.749. The Balaban J connectivity index is 0.000000181. The molecule has 16 heavy (non-hydrogen) atoms. The predicted octanol–water partition coefficient (Wildman–Crippen LogP) is 2.39. The van der Waals surface area contributed by atoms with E-state index in [9.17, 15) is 9.59 Å². The van der Waals surface area contributed by atoms with Crippen LogP contribution < -0.4 is 5.32 Å². The number of rotatable bonds is 3. The molecule has 0 aliphatic heterocycles. The molecule has 0 aromatic heterocycles. The molecular weight excluding hydrogens is 230 g/mol. The second kappa shape index (κ2) is 6.12. The van der Waals surface area contributed by atoms with Crippen LogP contribution in [-0.4, -0.2) is 17.5 Å². The third kappa shape index (κ3) is 4.79. The number of carbonyl (C=O) groups excluding carboxylic acids is 1. The highest BCUT2D eigenvalue weighted by Crippen LogP contribution is 2.28. The van der Waals surface area contributed by atoms with Crippen molar-refractivity contribution >= 4 is 29.7 Å². The van der Waals surface area contributed by atoms with Crippen LogP contribution in [-0.2, 0) is 9.59 Å². The fraction of sp³-hybridized carbons (Fsp3) is 0.273. The number of carbonyl (C=O) groups is 2. The van der Waals surface area contributed by atoms with Gasteiger partial charge in [0, 0.05) is 10.7 Å². The minimum absolute atomic E-state index is 0.0185. The van der Waals surface area contributed by atoms with E-state index in [1.54, 1.807) is 24.3 Å².